The summed E-state index contributed by atoms with van der Waals surface area (Å²) in [6.07, 6.45) is 1.02. The number of hydrogen-bond donors (Lipinski definition) is 0. The molecule has 1 rings (SSSR count). The molecule has 2 atom stereocenters. The third-order valence-electron chi connectivity index (χ3n) is 3.38. The summed E-state index contributed by atoms with van der Waals surface area (Å²) in [5.74, 6) is 0.714. The van der Waals surface area contributed by atoms with Gasteiger partial charge < -0.3 is 9.47 Å². The van der Waals surface area contributed by atoms with Gasteiger partial charge in [0.2, 0.25) is 0 Å². The van der Waals surface area contributed by atoms with Gasteiger partial charge in [-0.3, -0.25) is 4.79 Å². The van der Waals surface area contributed by atoms with Crippen molar-refractivity contribution >= 4 is 5.97 Å². The lowest BCUT2D eigenvalue weighted by Crippen LogP contribution is -2.37. The number of epoxide rings is 1. The van der Waals surface area contributed by atoms with Gasteiger partial charge in [0.05, 0.1) is 12.0 Å². The fraction of sp³-hybridized carbons (Fsp3) is 0.923. The Labute approximate surface area is 98.5 Å². The fourth-order valence-corrected chi connectivity index (χ4v) is 1.90. The molecule has 3 nitrogen and oxygen atoms in total. The van der Waals surface area contributed by atoms with Crippen LogP contribution in [0.1, 0.15) is 41.0 Å². The van der Waals surface area contributed by atoms with Crippen LogP contribution >= 0.6 is 0 Å². The molecule has 0 aliphatic carbocycles. The zero-order valence-corrected chi connectivity index (χ0v) is 11.1. The number of esters is 1. The number of carbonyl (C=O) groups excluding carboxylic acids is 1. The molecule has 16 heavy (non-hydrogen) atoms. The maximum absolute atomic E-state index is 12.1. The van der Waals surface area contributed by atoms with Crippen LogP contribution < -0.4 is 0 Å². The van der Waals surface area contributed by atoms with Gasteiger partial charge in [-0.05, 0) is 25.2 Å². The van der Waals surface area contributed by atoms with Crippen LogP contribution in [0.5, 0.6) is 0 Å². The predicted molar refractivity (Wildman–Crippen MR) is 63.1 cm³/mol. The highest BCUT2D eigenvalue weighted by atomic mass is 16.6. The van der Waals surface area contributed by atoms with Crippen LogP contribution in [0.15, 0.2) is 0 Å². The minimum absolute atomic E-state index is 0.0771. The molecule has 0 aromatic rings. The SMILES string of the molecule is CC(C)CC(C)(C(=O)OCC1CO1)C(C)C. The number of hydrogen-bond acceptors (Lipinski definition) is 3. The summed E-state index contributed by atoms with van der Waals surface area (Å²) >= 11 is 0. The Bertz CT molecular complexity index is 244. The van der Waals surface area contributed by atoms with Crippen molar-refractivity contribution in [2.24, 2.45) is 17.3 Å². The summed E-state index contributed by atoms with van der Waals surface area (Å²) in [5.41, 5.74) is -0.372. The second-order valence-corrected chi connectivity index (χ2v) is 5.72. The molecule has 1 heterocycles. The summed E-state index contributed by atoms with van der Waals surface area (Å²) < 4.78 is 10.4. The highest BCUT2D eigenvalue weighted by Crippen LogP contribution is 2.35. The Balaban J connectivity index is 2.55. The van der Waals surface area contributed by atoms with E-state index >= 15 is 0 Å². The quantitative estimate of drug-likeness (QED) is 0.518. The molecule has 0 bridgehead atoms. The smallest absolute Gasteiger partial charge is 0.312 e. The predicted octanol–water partition coefficient (Wildman–Crippen LogP) is 2.64. The Hall–Kier alpha value is -0.570. The van der Waals surface area contributed by atoms with E-state index in [9.17, 15) is 4.79 Å². The van der Waals surface area contributed by atoms with Crippen molar-refractivity contribution in [3.8, 4) is 0 Å². The molecule has 0 aromatic carbocycles. The molecule has 0 amide bonds. The van der Waals surface area contributed by atoms with Crippen LogP contribution in [-0.2, 0) is 14.3 Å². The van der Waals surface area contributed by atoms with Crippen LogP contribution in [0.25, 0.3) is 0 Å². The van der Waals surface area contributed by atoms with Crippen molar-refractivity contribution in [2.45, 2.75) is 47.1 Å². The van der Waals surface area contributed by atoms with Crippen molar-refractivity contribution in [2.75, 3.05) is 13.2 Å². The summed E-state index contributed by atoms with van der Waals surface area (Å²) in [5, 5.41) is 0. The second kappa shape index (κ2) is 5.17. The third-order valence-corrected chi connectivity index (χ3v) is 3.38. The highest BCUT2D eigenvalue weighted by Gasteiger charge is 2.39. The molecule has 2 unspecified atom stereocenters. The van der Waals surface area contributed by atoms with Crippen molar-refractivity contribution in [1.82, 2.24) is 0 Å². The second-order valence-electron chi connectivity index (χ2n) is 5.72. The standard InChI is InChI=1S/C13H24O3/c1-9(2)6-13(5,10(3)4)12(14)16-8-11-7-15-11/h9-11H,6-8H2,1-5H3. The zero-order chi connectivity index (χ0) is 12.3. The minimum atomic E-state index is -0.372. The molecule has 0 aromatic heterocycles. The van der Waals surface area contributed by atoms with Gasteiger partial charge in [-0.1, -0.05) is 27.7 Å². The van der Waals surface area contributed by atoms with E-state index in [2.05, 4.69) is 27.7 Å². The molecule has 1 fully saturated rings. The first kappa shape index (κ1) is 13.5. The Morgan fingerprint density at radius 2 is 2.00 bits per heavy atom. The molecule has 0 N–H and O–H groups in total. The van der Waals surface area contributed by atoms with Gasteiger partial charge >= 0.3 is 5.97 Å². The lowest BCUT2D eigenvalue weighted by molar-refractivity contribution is -0.159. The fourth-order valence-electron chi connectivity index (χ4n) is 1.90. The molecule has 3 heteroatoms. The molecular formula is C13H24O3. The maximum atomic E-state index is 12.1. The highest BCUT2D eigenvalue weighted by molar-refractivity contribution is 5.76. The van der Waals surface area contributed by atoms with Crippen LogP contribution in [0, 0.1) is 17.3 Å². The van der Waals surface area contributed by atoms with E-state index in [0.29, 0.717) is 18.4 Å². The van der Waals surface area contributed by atoms with E-state index in [1.54, 1.807) is 0 Å². The van der Waals surface area contributed by atoms with E-state index in [1.807, 2.05) is 6.92 Å². The lowest BCUT2D eigenvalue weighted by atomic mass is 9.73. The summed E-state index contributed by atoms with van der Waals surface area (Å²) in [4.78, 5) is 12.1. The molecule has 1 aliphatic heterocycles. The molecule has 0 radical (unpaired) electrons. The maximum Gasteiger partial charge on any atom is 0.312 e. The molecule has 1 aliphatic rings. The van der Waals surface area contributed by atoms with Crippen LogP contribution in [-0.4, -0.2) is 25.3 Å². The molecule has 94 valence electrons. The molecule has 1 saturated heterocycles. The average Bonchev–Trinajstić information content (AvgIpc) is 2.95. The van der Waals surface area contributed by atoms with E-state index < -0.39 is 0 Å². The van der Waals surface area contributed by atoms with Crippen molar-refractivity contribution in [3.05, 3.63) is 0 Å². The Kier molecular flexibility index (Phi) is 4.36. The summed E-state index contributed by atoms with van der Waals surface area (Å²) in [6, 6.07) is 0. The van der Waals surface area contributed by atoms with Gasteiger partial charge in [0, 0.05) is 0 Å². The minimum Gasteiger partial charge on any atom is -0.462 e. The van der Waals surface area contributed by atoms with Crippen LogP contribution in [0.2, 0.25) is 0 Å². The van der Waals surface area contributed by atoms with E-state index in [0.717, 1.165) is 13.0 Å². The largest absolute Gasteiger partial charge is 0.462 e. The van der Waals surface area contributed by atoms with Gasteiger partial charge in [0.15, 0.2) is 0 Å². The van der Waals surface area contributed by atoms with E-state index in [-0.39, 0.29) is 17.5 Å². The van der Waals surface area contributed by atoms with E-state index in [1.165, 1.54) is 0 Å². The van der Waals surface area contributed by atoms with Crippen molar-refractivity contribution < 1.29 is 14.3 Å². The Morgan fingerprint density at radius 3 is 2.38 bits per heavy atom. The summed E-state index contributed by atoms with van der Waals surface area (Å²) in [7, 11) is 0. The molecule has 0 spiro atoms. The molecular weight excluding hydrogens is 204 g/mol. The van der Waals surface area contributed by atoms with Gasteiger partial charge in [0.1, 0.15) is 12.7 Å². The summed E-state index contributed by atoms with van der Waals surface area (Å²) in [6.45, 7) is 11.6. The Morgan fingerprint density at radius 1 is 1.44 bits per heavy atom. The third kappa shape index (κ3) is 3.48. The van der Waals surface area contributed by atoms with Gasteiger partial charge in [-0.15, -0.1) is 0 Å². The number of rotatable bonds is 6. The van der Waals surface area contributed by atoms with Gasteiger partial charge in [0.25, 0.3) is 0 Å². The first-order valence-electron chi connectivity index (χ1n) is 6.15. The lowest BCUT2D eigenvalue weighted by Gasteiger charge is -2.32. The van der Waals surface area contributed by atoms with Gasteiger partial charge in [-0.25, -0.2) is 0 Å². The average molecular weight is 228 g/mol. The van der Waals surface area contributed by atoms with Crippen LogP contribution in [0.3, 0.4) is 0 Å². The van der Waals surface area contributed by atoms with Crippen LogP contribution in [0.4, 0.5) is 0 Å². The monoisotopic (exact) mass is 228 g/mol. The van der Waals surface area contributed by atoms with Crippen molar-refractivity contribution in [3.63, 3.8) is 0 Å². The first-order chi connectivity index (χ1) is 7.36. The number of carbonyl (C=O) groups is 1. The first-order valence-corrected chi connectivity index (χ1v) is 6.15. The number of ether oxygens (including phenoxy) is 2. The van der Waals surface area contributed by atoms with Gasteiger partial charge in [-0.2, -0.15) is 0 Å². The molecule has 0 saturated carbocycles. The topological polar surface area (TPSA) is 38.8 Å². The van der Waals surface area contributed by atoms with E-state index in [4.69, 9.17) is 9.47 Å². The zero-order valence-electron chi connectivity index (χ0n) is 11.1. The normalized spacial score (nSPS) is 23.3. The van der Waals surface area contributed by atoms with Crippen molar-refractivity contribution in [1.29, 1.82) is 0 Å².